The Balaban J connectivity index is 2.02. The third-order valence-corrected chi connectivity index (χ3v) is 3.31. The van der Waals surface area contributed by atoms with Crippen LogP contribution in [0.25, 0.3) is 11.0 Å². The van der Waals surface area contributed by atoms with Gasteiger partial charge in [0, 0.05) is 12.6 Å². The van der Waals surface area contributed by atoms with Crippen LogP contribution in [0.4, 0.5) is 0 Å². The van der Waals surface area contributed by atoms with Crippen molar-refractivity contribution in [1.29, 1.82) is 0 Å². The van der Waals surface area contributed by atoms with Gasteiger partial charge in [-0.1, -0.05) is 0 Å². The van der Waals surface area contributed by atoms with Crippen molar-refractivity contribution < 1.29 is 19.7 Å². The topological polar surface area (TPSA) is 89.6 Å². The van der Waals surface area contributed by atoms with Crippen LogP contribution in [0.15, 0.2) is 18.6 Å². The van der Waals surface area contributed by atoms with E-state index in [1.54, 1.807) is 17.9 Å². The summed E-state index contributed by atoms with van der Waals surface area (Å²) in [6.07, 6.45) is 2.02. The molecule has 2 N–H and O–H groups in total. The number of methoxy groups -OCH3 is 1. The highest BCUT2D eigenvalue weighted by atomic mass is 16.5. The van der Waals surface area contributed by atoms with Gasteiger partial charge in [0.15, 0.2) is 6.23 Å². The highest BCUT2D eigenvalue weighted by Gasteiger charge is 2.35. The lowest BCUT2D eigenvalue weighted by atomic mass is 10.2. The van der Waals surface area contributed by atoms with Gasteiger partial charge in [0.05, 0.1) is 25.2 Å². The molecule has 0 bridgehead atoms. The predicted molar refractivity (Wildman–Crippen MR) is 65.7 cm³/mol. The van der Waals surface area contributed by atoms with Gasteiger partial charge in [-0.05, 0) is 6.07 Å². The standard InChI is InChI=1S/C12H15N3O4/c1-18-11-8-2-3-15(10(8)13-6-14-11)12-9(17)4-7(5-16)19-12/h2-3,6-7,9,12,16-17H,4-5H2,1H3. The number of nitrogens with zero attached hydrogens (tertiary/aromatic N) is 3. The van der Waals surface area contributed by atoms with Crippen LogP contribution in [0.5, 0.6) is 5.88 Å². The van der Waals surface area contributed by atoms with Gasteiger partial charge in [0.2, 0.25) is 5.88 Å². The normalized spacial score (nSPS) is 27.0. The molecule has 0 aliphatic carbocycles. The molecule has 7 nitrogen and oxygen atoms in total. The molecule has 1 saturated heterocycles. The van der Waals surface area contributed by atoms with Gasteiger partial charge in [0.25, 0.3) is 0 Å². The Bertz CT molecular complexity index is 585. The minimum Gasteiger partial charge on any atom is -0.480 e. The lowest BCUT2D eigenvalue weighted by molar-refractivity contribution is -0.0484. The van der Waals surface area contributed by atoms with E-state index in [2.05, 4.69) is 9.97 Å². The molecule has 0 aromatic carbocycles. The molecule has 3 unspecified atom stereocenters. The van der Waals surface area contributed by atoms with E-state index in [4.69, 9.17) is 14.6 Å². The minimum atomic E-state index is -0.672. The maximum Gasteiger partial charge on any atom is 0.225 e. The maximum atomic E-state index is 10.0. The minimum absolute atomic E-state index is 0.106. The van der Waals surface area contributed by atoms with E-state index in [1.165, 1.54) is 6.33 Å². The van der Waals surface area contributed by atoms with Crippen molar-refractivity contribution in [2.24, 2.45) is 0 Å². The molecule has 2 aromatic rings. The molecule has 102 valence electrons. The first-order valence-corrected chi connectivity index (χ1v) is 6.04. The van der Waals surface area contributed by atoms with Crippen LogP contribution >= 0.6 is 0 Å². The molecule has 3 heterocycles. The van der Waals surface area contributed by atoms with E-state index in [0.717, 1.165) is 5.39 Å². The number of aliphatic hydroxyl groups excluding tert-OH is 2. The first kappa shape index (κ1) is 12.3. The summed E-state index contributed by atoms with van der Waals surface area (Å²) >= 11 is 0. The Morgan fingerprint density at radius 3 is 3.05 bits per heavy atom. The molecule has 1 fully saturated rings. The van der Waals surface area contributed by atoms with Crippen LogP contribution in [0, 0.1) is 0 Å². The zero-order valence-corrected chi connectivity index (χ0v) is 10.4. The van der Waals surface area contributed by atoms with Crippen molar-refractivity contribution in [3.63, 3.8) is 0 Å². The summed E-state index contributed by atoms with van der Waals surface area (Å²) < 4.78 is 12.5. The third kappa shape index (κ3) is 1.95. The monoisotopic (exact) mass is 265 g/mol. The number of hydrogen-bond donors (Lipinski definition) is 2. The first-order valence-electron chi connectivity index (χ1n) is 6.04. The molecule has 1 aliphatic heterocycles. The highest BCUT2D eigenvalue weighted by Crippen LogP contribution is 2.32. The van der Waals surface area contributed by atoms with E-state index in [1.807, 2.05) is 6.07 Å². The Kier molecular flexibility index (Phi) is 3.09. The summed E-state index contributed by atoms with van der Waals surface area (Å²) in [4.78, 5) is 8.22. The van der Waals surface area contributed by atoms with E-state index in [-0.39, 0.29) is 12.7 Å². The van der Waals surface area contributed by atoms with Gasteiger partial charge in [-0.15, -0.1) is 0 Å². The SMILES string of the molecule is COc1ncnc2c1ccn2C1OC(CO)CC1O. The second-order valence-corrected chi connectivity index (χ2v) is 4.48. The van der Waals surface area contributed by atoms with E-state index >= 15 is 0 Å². The second kappa shape index (κ2) is 4.76. The van der Waals surface area contributed by atoms with Crippen LogP contribution in [0.1, 0.15) is 12.6 Å². The number of aliphatic hydroxyl groups is 2. The number of hydrogen-bond acceptors (Lipinski definition) is 6. The highest BCUT2D eigenvalue weighted by molar-refractivity contribution is 5.81. The average molecular weight is 265 g/mol. The molecule has 0 saturated carbocycles. The number of fused-ring (bicyclic) bond motifs is 1. The summed E-state index contributed by atoms with van der Waals surface area (Å²) in [7, 11) is 1.54. The zero-order chi connectivity index (χ0) is 13.4. The van der Waals surface area contributed by atoms with E-state index < -0.39 is 12.3 Å². The van der Waals surface area contributed by atoms with Crippen LogP contribution in [0.2, 0.25) is 0 Å². The van der Waals surface area contributed by atoms with Gasteiger partial charge < -0.3 is 24.3 Å². The fourth-order valence-corrected chi connectivity index (χ4v) is 2.41. The lowest BCUT2D eigenvalue weighted by Gasteiger charge is -2.17. The Morgan fingerprint density at radius 1 is 1.53 bits per heavy atom. The van der Waals surface area contributed by atoms with Crippen molar-refractivity contribution in [2.75, 3.05) is 13.7 Å². The third-order valence-electron chi connectivity index (χ3n) is 3.31. The average Bonchev–Trinajstić information content (AvgIpc) is 3.01. The second-order valence-electron chi connectivity index (χ2n) is 4.48. The van der Waals surface area contributed by atoms with Gasteiger partial charge in [-0.3, -0.25) is 0 Å². The van der Waals surface area contributed by atoms with Crippen molar-refractivity contribution >= 4 is 11.0 Å². The quantitative estimate of drug-likeness (QED) is 0.817. The summed E-state index contributed by atoms with van der Waals surface area (Å²) in [5.41, 5.74) is 0.634. The Labute approximate surface area is 109 Å². The number of rotatable bonds is 3. The number of aromatic nitrogens is 3. The fourth-order valence-electron chi connectivity index (χ4n) is 2.41. The molecule has 0 spiro atoms. The van der Waals surface area contributed by atoms with Crippen LogP contribution in [-0.2, 0) is 4.74 Å². The summed E-state index contributed by atoms with van der Waals surface area (Å²) in [5.74, 6) is 0.481. The zero-order valence-electron chi connectivity index (χ0n) is 10.4. The van der Waals surface area contributed by atoms with Gasteiger partial charge in [0.1, 0.15) is 18.1 Å². The van der Waals surface area contributed by atoms with Gasteiger partial charge in [-0.25, -0.2) is 9.97 Å². The van der Waals surface area contributed by atoms with E-state index in [9.17, 15) is 5.11 Å². The fraction of sp³-hybridized carbons (Fsp3) is 0.500. The predicted octanol–water partition coefficient (Wildman–Crippen LogP) is 0.0806. The Hall–Kier alpha value is -1.70. The summed E-state index contributed by atoms with van der Waals surface area (Å²) in [6.45, 7) is -0.106. The molecule has 3 atom stereocenters. The van der Waals surface area contributed by atoms with E-state index in [0.29, 0.717) is 17.9 Å². The first-order chi connectivity index (χ1) is 9.24. The van der Waals surface area contributed by atoms with Crippen LogP contribution in [-0.4, -0.2) is 50.7 Å². The van der Waals surface area contributed by atoms with Crippen molar-refractivity contribution in [1.82, 2.24) is 14.5 Å². The molecule has 1 aliphatic rings. The van der Waals surface area contributed by atoms with Crippen molar-refractivity contribution in [3.05, 3.63) is 18.6 Å². The molecule has 7 heteroatoms. The van der Waals surface area contributed by atoms with Gasteiger partial charge in [-0.2, -0.15) is 0 Å². The Morgan fingerprint density at radius 2 is 2.37 bits per heavy atom. The smallest absolute Gasteiger partial charge is 0.225 e. The summed E-state index contributed by atoms with van der Waals surface area (Å²) in [6, 6.07) is 1.82. The summed E-state index contributed by atoms with van der Waals surface area (Å²) in [5, 5.41) is 19.9. The molecular weight excluding hydrogens is 250 g/mol. The van der Waals surface area contributed by atoms with Crippen LogP contribution < -0.4 is 4.74 Å². The van der Waals surface area contributed by atoms with Gasteiger partial charge >= 0.3 is 0 Å². The molecule has 19 heavy (non-hydrogen) atoms. The number of ether oxygens (including phenoxy) is 2. The molecule has 0 radical (unpaired) electrons. The molecule has 3 rings (SSSR count). The molecule has 0 amide bonds. The maximum absolute atomic E-state index is 10.0. The largest absolute Gasteiger partial charge is 0.480 e. The lowest BCUT2D eigenvalue weighted by Crippen LogP contribution is -2.19. The van der Waals surface area contributed by atoms with Crippen molar-refractivity contribution in [3.8, 4) is 5.88 Å². The molecule has 2 aromatic heterocycles. The molecular formula is C12H15N3O4. The van der Waals surface area contributed by atoms with Crippen LogP contribution in [0.3, 0.4) is 0 Å². The van der Waals surface area contributed by atoms with Crippen molar-refractivity contribution in [2.45, 2.75) is 24.9 Å².